The van der Waals surface area contributed by atoms with Gasteiger partial charge in [-0.05, 0) is 82.7 Å². The number of rotatable bonds is 9. The van der Waals surface area contributed by atoms with Crippen LogP contribution in [-0.2, 0) is 4.74 Å². The number of carbonyl (C=O) groups is 2. The van der Waals surface area contributed by atoms with Crippen LogP contribution in [0.15, 0.2) is 79.0 Å². The zero-order valence-corrected chi connectivity index (χ0v) is 23.3. The van der Waals surface area contributed by atoms with Crippen molar-refractivity contribution in [2.75, 3.05) is 6.61 Å². The van der Waals surface area contributed by atoms with Crippen molar-refractivity contribution < 1.29 is 14.3 Å². The quantitative estimate of drug-likeness (QED) is 0.0961. The summed E-state index contributed by atoms with van der Waals surface area (Å²) in [6.45, 7) is 7.24. The Labute approximate surface area is 220 Å². The predicted molar refractivity (Wildman–Crippen MR) is 150 cm³/mol. The van der Waals surface area contributed by atoms with Crippen LogP contribution in [0.25, 0.3) is 0 Å². The van der Waals surface area contributed by atoms with Crippen LogP contribution >= 0.6 is 22.6 Å². The second-order valence-electron chi connectivity index (χ2n) is 9.79. The minimum Gasteiger partial charge on any atom is -0.462 e. The van der Waals surface area contributed by atoms with Crippen molar-refractivity contribution in [2.45, 2.75) is 31.6 Å². The van der Waals surface area contributed by atoms with Gasteiger partial charge in [-0.15, -0.1) is 0 Å². The number of nitrogens with one attached hydrogen (secondary N) is 2. The SMILES string of the molecule is C[Si](C)(C)CCOC(=O)c1ccc(C(c2ccc[nH]2)c2ccc(C(=O)c3cccc(I)c3)[nH]2)cc1. The van der Waals surface area contributed by atoms with Crippen LogP contribution in [0.2, 0.25) is 25.7 Å². The largest absolute Gasteiger partial charge is 0.462 e. The molecular weight excluding hydrogens is 567 g/mol. The highest BCUT2D eigenvalue weighted by Crippen LogP contribution is 2.31. The highest BCUT2D eigenvalue weighted by atomic mass is 127. The Hall–Kier alpha value is -2.91. The summed E-state index contributed by atoms with van der Waals surface area (Å²) in [7, 11) is -1.26. The molecule has 5 nitrogen and oxygen atoms in total. The molecule has 0 aliphatic carbocycles. The highest BCUT2D eigenvalue weighted by molar-refractivity contribution is 14.1. The molecule has 0 aliphatic heterocycles. The van der Waals surface area contributed by atoms with E-state index in [1.807, 2.05) is 79.0 Å². The number of halogens is 1. The molecular formula is C28H29IN2O3Si. The van der Waals surface area contributed by atoms with Gasteiger partial charge in [-0.3, -0.25) is 4.79 Å². The molecule has 2 heterocycles. The molecule has 1 atom stereocenters. The second-order valence-corrected chi connectivity index (χ2v) is 16.7. The number of H-pyrrole nitrogens is 2. The van der Waals surface area contributed by atoms with Crippen molar-refractivity contribution in [3.8, 4) is 0 Å². The summed E-state index contributed by atoms with van der Waals surface area (Å²) in [6.07, 6.45) is 1.88. The Morgan fingerprint density at radius 2 is 1.69 bits per heavy atom. The zero-order chi connectivity index (χ0) is 25.0. The fourth-order valence-corrected chi connectivity index (χ4v) is 5.15. The summed E-state index contributed by atoms with van der Waals surface area (Å²) in [5.74, 6) is -0.479. The normalized spacial score (nSPS) is 12.3. The number of ether oxygens (including phenoxy) is 1. The molecule has 0 spiro atoms. The monoisotopic (exact) mass is 596 g/mol. The lowest BCUT2D eigenvalue weighted by Crippen LogP contribution is -2.22. The molecule has 4 rings (SSSR count). The van der Waals surface area contributed by atoms with Crippen LogP contribution in [0.1, 0.15) is 49.3 Å². The Morgan fingerprint density at radius 1 is 0.914 bits per heavy atom. The lowest BCUT2D eigenvalue weighted by Gasteiger charge is -2.17. The van der Waals surface area contributed by atoms with Crippen molar-refractivity contribution in [1.29, 1.82) is 0 Å². The molecule has 4 aromatic rings. The van der Waals surface area contributed by atoms with Gasteiger partial charge in [0.05, 0.1) is 23.8 Å². The van der Waals surface area contributed by atoms with Crippen molar-refractivity contribution in [2.24, 2.45) is 0 Å². The number of hydrogen-bond acceptors (Lipinski definition) is 3. The first-order chi connectivity index (χ1) is 16.7. The number of esters is 1. The van der Waals surface area contributed by atoms with E-state index < -0.39 is 8.07 Å². The second kappa shape index (κ2) is 10.8. The molecule has 0 fully saturated rings. The Kier molecular flexibility index (Phi) is 7.76. The van der Waals surface area contributed by atoms with Gasteiger partial charge < -0.3 is 14.7 Å². The molecule has 0 amide bonds. The molecule has 0 saturated carbocycles. The van der Waals surface area contributed by atoms with E-state index in [2.05, 4.69) is 52.2 Å². The Bertz CT molecular complexity index is 1300. The van der Waals surface area contributed by atoms with Crippen molar-refractivity contribution >= 4 is 42.4 Å². The molecule has 7 heteroatoms. The van der Waals surface area contributed by atoms with Gasteiger partial charge in [-0.2, -0.15) is 0 Å². The van der Waals surface area contributed by atoms with Crippen molar-refractivity contribution in [3.05, 3.63) is 116 Å². The Morgan fingerprint density at radius 3 is 2.34 bits per heavy atom. The highest BCUT2D eigenvalue weighted by Gasteiger charge is 2.22. The summed E-state index contributed by atoms with van der Waals surface area (Å²) in [6, 6.07) is 23.8. The average Bonchev–Trinajstić information content (AvgIpc) is 3.52. The smallest absolute Gasteiger partial charge is 0.338 e. The zero-order valence-electron chi connectivity index (χ0n) is 20.1. The third kappa shape index (κ3) is 6.40. The third-order valence-electron chi connectivity index (χ3n) is 5.85. The molecule has 2 aromatic carbocycles. The summed E-state index contributed by atoms with van der Waals surface area (Å²) < 4.78 is 6.50. The van der Waals surface area contributed by atoms with E-state index in [0.717, 1.165) is 26.6 Å². The number of ketones is 1. The molecule has 0 aliphatic rings. The van der Waals surface area contributed by atoms with Crippen LogP contribution < -0.4 is 0 Å². The van der Waals surface area contributed by atoms with Crippen molar-refractivity contribution in [3.63, 3.8) is 0 Å². The molecule has 2 aromatic heterocycles. The van der Waals surface area contributed by atoms with Gasteiger partial charge in [0, 0.05) is 34.8 Å². The summed E-state index contributed by atoms with van der Waals surface area (Å²) in [4.78, 5) is 32.2. The topological polar surface area (TPSA) is 75.0 Å². The number of carbonyl (C=O) groups excluding carboxylic acids is 2. The lowest BCUT2D eigenvalue weighted by atomic mass is 9.92. The molecule has 180 valence electrons. The molecule has 35 heavy (non-hydrogen) atoms. The van der Waals surface area contributed by atoms with E-state index in [-0.39, 0.29) is 17.7 Å². The van der Waals surface area contributed by atoms with E-state index in [0.29, 0.717) is 23.4 Å². The summed E-state index contributed by atoms with van der Waals surface area (Å²) >= 11 is 2.21. The number of aromatic amines is 2. The van der Waals surface area contributed by atoms with Gasteiger partial charge in [0.2, 0.25) is 5.78 Å². The van der Waals surface area contributed by atoms with E-state index in [4.69, 9.17) is 4.74 Å². The van der Waals surface area contributed by atoms with Crippen LogP contribution in [0.4, 0.5) is 0 Å². The average molecular weight is 597 g/mol. The first-order valence-electron chi connectivity index (χ1n) is 11.6. The first-order valence-corrected chi connectivity index (χ1v) is 16.4. The number of benzene rings is 2. The minimum absolute atomic E-state index is 0.0450. The lowest BCUT2D eigenvalue weighted by molar-refractivity contribution is 0.0525. The first kappa shape index (κ1) is 25.2. The predicted octanol–water partition coefficient (Wildman–Crippen LogP) is 6.85. The van der Waals surface area contributed by atoms with E-state index in [9.17, 15) is 9.59 Å². The number of hydrogen-bond donors (Lipinski definition) is 2. The molecule has 2 N–H and O–H groups in total. The van der Waals surface area contributed by atoms with Gasteiger partial charge in [0.15, 0.2) is 0 Å². The van der Waals surface area contributed by atoms with Gasteiger partial charge in [0.1, 0.15) is 0 Å². The van der Waals surface area contributed by atoms with Crippen LogP contribution in [0.3, 0.4) is 0 Å². The van der Waals surface area contributed by atoms with Gasteiger partial charge >= 0.3 is 5.97 Å². The number of aromatic nitrogens is 2. The van der Waals surface area contributed by atoms with E-state index >= 15 is 0 Å². The van der Waals surface area contributed by atoms with Crippen LogP contribution in [0.5, 0.6) is 0 Å². The Balaban J connectivity index is 1.56. The van der Waals surface area contributed by atoms with Crippen LogP contribution in [-0.4, -0.2) is 36.4 Å². The van der Waals surface area contributed by atoms with Gasteiger partial charge in [0.25, 0.3) is 0 Å². The minimum atomic E-state index is -1.26. The van der Waals surface area contributed by atoms with Crippen LogP contribution in [0, 0.1) is 3.57 Å². The van der Waals surface area contributed by atoms with Gasteiger partial charge in [-0.25, -0.2) is 4.79 Å². The van der Waals surface area contributed by atoms with Crippen molar-refractivity contribution in [1.82, 2.24) is 9.97 Å². The fourth-order valence-electron chi connectivity index (χ4n) is 3.89. The maximum atomic E-state index is 13.0. The molecule has 0 saturated heterocycles. The maximum Gasteiger partial charge on any atom is 0.338 e. The maximum absolute atomic E-state index is 13.0. The van der Waals surface area contributed by atoms with E-state index in [1.54, 1.807) is 0 Å². The molecule has 0 radical (unpaired) electrons. The molecule has 1 unspecified atom stereocenters. The standard InChI is InChI=1S/C28H29IN2O3Si/c1-35(2,3)17-16-34-28(33)20-11-9-19(10-12-20)26(23-8-5-15-30-23)24-13-14-25(31-24)27(32)21-6-4-7-22(29)18-21/h4-15,18,26,30-31H,16-17H2,1-3H3. The third-order valence-corrected chi connectivity index (χ3v) is 8.22. The summed E-state index contributed by atoms with van der Waals surface area (Å²) in [5, 5.41) is 0. The molecule has 0 bridgehead atoms. The fraction of sp³-hybridized carbons (Fsp3) is 0.214. The summed E-state index contributed by atoms with van der Waals surface area (Å²) in [5.41, 5.74) is 4.62. The van der Waals surface area contributed by atoms with E-state index in [1.165, 1.54) is 0 Å². The van der Waals surface area contributed by atoms with Gasteiger partial charge in [-0.1, -0.05) is 43.9 Å².